The van der Waals surface area contributed by atoms with Gasteiger partial charge in [-0.1, -0.05) is 18.5 Å². The van der Waals surface area contributed by atoms with Crippen molar-refractivity contribution in [1.29, 1.82) is 0 Å². The summed E-state index contributed by atoms with van der Waals surface area (Å²) in [6.07, 6.45) is 3.54. The van der Waals surface area contributed by atoms with Gasteiger partial charge in [-0.15, -0.1) is 0 Å². The third-order valence-electron chi connectivity index (χ3n) is 2.94. The van der Waals surface area contributed by atoms with Crippen LogP contribution in [0.2, 0.25) is 5.15 Å². The van der Waals surface area contributed by atoms with Gasteiger partial charge < -0.3 is 10.1 Å². The van der Waals surface area contributed by atoms with E-state index in [1.54, 1.807) is 0 Å². The lowest BCUT2D eigenvalue weighted by Crippen LogP contribution is -2.27. The van der Waals surface area contributed by atoms with Crippen LogP contribution in [-0.4, -0.2) is 28.7 Å². The zero-order chi connectivity index (χ0) is 11.5. The Morgan fingerprint density at radius 1 is 1.56 bits per heavy atom. The SMILES string of the molecule is CCc1c(Cl)ncnc1NC1CCOC1C. The molecular formula is C11H16ClN3O. The van der Waals surface area contributed by atoms with Gasteiger partial charge in [-0.2, -0.15) is 0 Å². The average Bonchev–Trinajstić information content (AvgIpc) is 2.65. The first-order valence-corrected chi connectivity index (χ1v) is 5.97. The fourth-order valence-corrected chi connectivity index (χ4v) is 2.19. The van der Waals surface area contributed by atoms with Crippen molar-refractivity contribution in [1.82, 2.24) is 9.97 Å². The Morgan fingerprint density at radius 2 is 2.38 bits per heavy atom. The van der Waals surface area contributed by atoms with Crippen LogP contribution in [0, 0.1) is 0 Å². The number of halogens is 1. The number of anilines is 1. The molecule has 1 aromatic rings. The van der Waals surface area contributed by atoms with Gasteiger partial charge in [-0.25, -0.2) is 9.97 Å². The molecule has 2 rings (SSSR count). The van der Waals surface area contributed by atoms with E-state index < -0.39 is 0 Å². The van der Waals surface area contributed by atoms with Crippen molar-refractivity contribution in [3.63, 3.8) is 0 Å². The summed E-state index contributed by atoms with van der Waals surface area (Å²) >= 11 is 6.03. The minimum Gasteiger partial charge on any atom is -0.376 e. The van der Waals surface area contributed by atoms with Crippen molar-refractivity contribution in [3.05, 3.63) is 17.0 Å². The molecule has 0 aliphatic carbocycles. The predicted molar refractivity (Wildman–Crippen MR) is 63.9 cm³/mol. The van der Waals surface area contributed by atoms with Crippen LogP contribution in [-0.2, 0) is 11.2 Å². The molecule has 1 aromatic heterocycles. The van der Waals surface area contributed by atoms with Crippen LogP contribution in [0.1, 0.15) is 25.8 Å². The number of nitrogens with zero attached hydrogens (tertiary/aromatic N) is 2. The minimum atomic E-state index is 0.221. The van der Waals surface area contributed by atoms with Crippen molar-refractivity contribution < 1.29 is 4.74 Å². The molecule has 2 atom stereocenters. The van der Waals surface area contributed by atoms with E-state index >= 15 is 0 Å². The summed E-state index contributed by atoms with van der Waals surface area (Å²) in [5, 5.41) is 3.92. The second kappa shape index (κ2) is 4.97. The van der Waals surface area contributed by atoms with Gasteiger partial charge in [0, 0.05) is 12.2 Å². The van der Waals surface area contributed by atoms with Crippen LogP contribution < -0.4 is 5.32 Å². The summed E-state index contributed by atoms with van der Waals surface area (Å²) in [6, 6.07) is 0.316. The summed E-state index contributed by atoms with van der Waals surface area (Å²) in [6.45, 7) is 4.92. The fourth-order valence-electron chi connectivity index (χ4n) is 1.93. The lowest BCUT2D eigenvalue weighted by atomic mass is 10.1. The molecule has 0 aromatic carbocycles. The summed E-state index contributed by atoms with van der Waals surface area (Å²) in [4.78, 5) is 8.23. The number of aromatic nitrogens is 2. The highest BCUT2D eigenvalue weighted by molar-refractivity contribution is 6.30. The average molecular weight is 242 g/mol. The maximum absolute atomic E-state index is 6.03. The molecule has 0 bridgehead atoms. The maximum atomic E-state index is 6.03. The molecule has 16 heavy (non-hydrogen) atoms. The third kappa shape index (κ3) is 2.28. The number of rotatable bonds is 3. The molecule has 1 aliphatic rings. The number of ether oxygens (including phenoxy) is 1. The second-order valence-corrected chi connectivity index (χ2v) is 4.32. The molecule has 0 amide bonds. The zero-order valence-corrected chi connectivity index (χ0v) is 10.3. The van der Waals surface area contributed by atoms with Crippen LogP contribution in [0.5, 0.6) is 0 Å². The van der Waals surface area contributed by atoms with E-state index in [-0.39, 0.29) is 6.10 Å². The van der Waals surface area contributed by atoms with Crippen LogP contribution in [0.4, 0.5) is 5.82 Å². The van der Waals surface area contributed by atoms with Gasteiger partial charge in [0.2, 0.25) is 0 Å². The predicted octanol–water partition coefficient (Wildman–Crippen LogP) is 2.28. The Labute approximate surface area is 100 Å². The highest BCUT2D eigenvalue weighted by Crippen LogP contribution is 2.24. The highest BCUT2D eigenvalue weighted by Gasteiger charge is 2.25. The van der Waals surface area contributed by atoms with Gasteiger partial charge in [0.1, 0.15) is 17.3 Å². The highest BCUT2D eigenvalue weighted by atomic mass is 35.5. The topological polar surface area (TPSA) is 47.0 Å². The van der Waals surface area contributed by atoms with Crippen molar-refractivity contribution in [2.75, 3.05) is 11.9 Å². The number of hydrogen-bond acceptors (Lipinski definition) is 4. The van der Waals surface area contributed by atoms with E-state index in [4.69, 9.17) is 16.3 Å². The van der Waals surface area contributed by atoms with E-state index in [0.717, 1.165) is 30.8 Å². The molecule has 2 heterocycles. The van der Waals surface area contributed by atoms with Crippen LogP contribution in [0.15, 0.2) is 6.33 Å². The van der Waals surface area contributed by atoms with Gasteiger partial charge >= 0.3 is 0 Å². The fraction of sp³-hybridized carbons (Fsp3) is 0.636. The Hall–Kier alpha value is -0.870. The van der Waals surface area contributed by atoms with Crippen LogP contribution in [0.3, 0.4) is 0 Å². The maximum Gasteiger partial charge on any atom is 0.137 e. The van der Waals surface area contributed by atoms with Gasteiger partial charge in [0.15, 0.2) is 0 Å². The Kier molecular flexibility index (Phi) is 3.61. The third-order valence-corrected chi connectivity index (χ3v) is 3.27. The van der Waals surface area contributed by atoms with E-state index in [1.807, 2.05) is 6.92 Å². The summed E-state index contributed by atoms with van der Waals surface area (Å²) < 4.78 is 5.50. The molecule has 0 spiro atoms. The molecule has 1 aliphatic heterocycles. The number of hydrogen-bond donors (Lipinski definition) is 1. The Bertz CT molecular complexity index is 372. The Balaban J connectivity index is 2.17. The lowest BCUT2D eigenvalue weighted by Gasteiger charge is -2.18. The molecule has 88 valence electrons. The zero-order valence-electron chi connectivity index (χ0n) is 9.53. The van der Waals surface area contributed by atoms with E-state index in [9.17, 15) is 0 Å². The van der Waals surface area contributed by atoms with Gasteiger partial charge in [0.05, 0.1) is 12.1 Å². The first-order chi connectivity index (χ1) is 7.72. The second-order valence-electron chi connectivity index (χ2n) is 3.96. The molecule has 0 radical (unpaired) electrons. The van der Waals surface area contributed by atoms with Crippen molar-refractivity contribution in [2.24, 2.45) is 0 Å². The lowest BCUT2D eigenvalue weighted by molar-refractivity contribution is 0.121. The standard InChI is InChI=1S/C11H16ClN3O/c1-3-8-10(12)13-6-14-11(8)15-9-4-5-16-7(9)2/h6-7,9H,3-5H2,1-2H3,(H,13,14,15). The smallest absolute Gasteiger partial charge is 0.137 e. The summed E-state index contributed by atoms with van der Waals surface area (Å²) in [5.74, 6) is 0.838. The number of nitrogens with one attached hydrogen (secondary N) is 1. The molecule has 2 unspecified atom stereocenters. The van der Waals surface area contributed by atoms with Crippen molar-refractivity contribution >= 4 is 17.4 Å². The molecule has 0 saturated carbocycles. The largest absolute Gasteiger partial charge is 0.376 e. The molecular weight excluding hydrogens is 226 g/mol. The van der Waals surface area contributed by atoms with Crippen LogP contribution in [0.25, 0.3) is 0 Å². The first-order valence-electron chi connectivity index (χ1n) is 5.60. The molecule has 1 saturated heterocycles. The monoisotopic (exact) mass is 241 g/mol. The Morgan fingerprint density at radius 3 is 3.00 bits per heavy atom. The molecule has 1 N–H and O–H groups in total. The molecule has 1 fully saturated rings. The summed E-state index contributed by atoms with van der Waals surface area (Å²) in [5.41, 5.74) is 0.975. The van der Waals surface area contributed by atoms with E-state index in [1.165, 1.54) is 6.33 Å². The minimum absolute atomic E-state index is 0.221. The van der Waals surface area contributed by atoms with Gasteiger partial charge in [-0.3, -0.25) is 0 Å². The van der Waals surface area contributed by atoms with E-state index in [2.05, 4.69) is 22.2 Å². The molecule has 5 heteroatoms. The normalized spacial score (nSPS) is 24.7. The van der Waals surface area contributed by atoms with Crippen LogP contribution >= 0.6 is 11.6 Å². The quantitative estimate of drug-likeness (QED) is 0.825. The van der Waals surface area contributed by atoms with Crippen molar-refractivity contribution in [3.8, 4) is 0 Å². The molecule has 4 nitrogen and oxygen atoms in total. The van der Waals surface area contributed by atoms with Crippen molar-refractivity contribution in [2.45, 2.75) is 38.8 Å². The van der Waals surface area contributed by atoms with Gasteiger partial charge in [-0.05, 0) is 19.8 Å². The van der Waals surface area contributed by atoms with E-state index in [0.29, 0.717) is 11.2 Å². The summed E-state index contributed by atoms with van der Waals surface area (Å²) in [7, 11) is 0. The first kappa shape index (κ1) is 11.6. The van der Waals surface area contributed by atoms with Gasteiger partial charge in [0.25, 0.3) is 0 Å².